The van der Waals surface area contributed by atoms with Gasteiger partial charge in [-0.1, -0.05) is 39.0 Å². The first kappa shape index (κ1) is 17.8. The van der Waals surface area contributed by atoms with Crippen LogP contribution in [-0.2, 0) is 14.3 Å². The van der Waals surface area contributed by atoms with Gasteiger partial charge in [0.1, 0.15) is 12.1 Å². The lowest BCUT2D eigenvalue weighted by Crippen LogP contribution is -2.42. The van der Waals surface area contributed by atoms with Crippen molar-refractivity contribution in [3.8, 4) is 0 Å². The van der Waals surface area contributed by atoms with Crippen molar-refractivity contribution in [1.82, 2.24) is 5.32 Å². The van der Waals surface area contributed by atoms with Gasteiger partial charge in [-0.25, -0.2) is 9.59 Å². The van der Waals surface area contributed by atoms with Crippen LogP contribution in [-0.4, -0.2) is 31.3 Å². The number of methoxy groups -OCH3 is 1. The number of hydrogen-bond acceptors (Lipinski definition) is 4. The second-order valence-electron chi connectivity index (χ2n) is 5.73. The summed E-state index contributed by atoms with van der Waals surface area (Å²) < 4.78 is 10.1. The molecular formula is C16H29NO4. The summed E-state index contributed by atoms with van der Waals surface area (Å²) in [5, 5.41) is 2.65. The molecule has 0 saturated heterocycles. The van der Waals surface area contributed by atoms with Gasteiger partial charge in [0.15, 0.2) is 0 Å². The summed E-state index contributed by atoms with van der Waals surface area (Å²) >= 11 is 0. The van der Waals surface area contributed by atoms with E-state index in [-0.39, 0.29) is 6.10 Å². The Bertz CT molecular complexity index is 313. The van der Waals surface area contributed by atoms with Gasteiger partial charge in [0.2, 0.25) is 0 Å². The van der Waals surface area contributed by atoms with Crippen LogP contribution in [0.3, 0.4) is 0 Å². The van der Waals surface area contributed by atoms with Gasteiger partial charge in [-0.15, -0.1) is 0 Å². The average molecular weight is 299 g/mol. The third kappa shape index (κ3) is 7.34. The minimum absolute atomic E-state index is 0.00727. The molecule has 0 radical (unpaired) electrons. The Hall–Kier alpha value is -1.26. The predicted octanol–water partition coefficient (Wildman–Crippen LogP) is 3.56. The Morgan fingerprint density at radius 2 is 1.81 bits per heavy atom. The number of amides is 1. The summed E-state index contributed by atoms with van der Waals surface area (Å²) in [6.45, 7) is 2.16. The van der Waals surface area contributed by atoms with Crippen molar-refractivity contribution in [2.24, 2.45) is 0 Å². The Kier molecular flexibility index (Phi) is 8.87. The largest absolute Gasteiger partial charge is 0.467 e. The van der Waals surface area contributed by atoms with Crippen molar-refractivity contribution in [2.75, 3.05) is 7.11 Å². The van der Waals surface area contributed by atoms with Crippen LogP contribution >= 0.6 is 0 Å². The second-order valence-corrected chi connectivity index (χ2v) is 5.73. The van der Waals surface area contributed by atoms with Crippen molar-refractivity contribution < 1.29 is 19.1 Å². The molecule has 1 unspecified atom stereocenters. The first-order valence-electron chi connectivity index (χ1n) is 8.22. The summed E-state index contributed by atoms with van der Waals surface area (Å²) in [7, 11) is 1.34. The Morgan fingerprint density at radius 3 is 2.43 bits per heavy atom. The fourth-order valence-corrected chi connectivity index (χ4v) is 2.68. The van der Waals surface area contributed by atoms with E-state index < -0.39 is 18.1 Å². The molecule has 1 saturated carbocycles. The van der Waals surface area contributed by atoms with Gasteiger partial charge in [-0.2, -0.15) is 0 Å². The van der Waals surface area contributed by atoms with Gasteiger partial charge in [-0.3, -0.25) is 0 Å². The third-order valence-electron chi connectivity index (χ3n) is 3.95. The maximum atomic E-state index is 11.8. The molecule has 0 aliphatic heterocycles. The number of unbranched alkanes of at least 4 members (excludes halogenated alkanes) is 4. The number of esters is 1. The highest BCUT2D eigenvalue weighted by Crippen LogP contribution is 2.21. The van der Waals surface area contributed by atoms with Crippen molar-refractivity contribution in [3.05, 3.63) is 0 Å². The summed E-state index contributed by atoms with van der Waals surface area (Å²) in [5.41, 5.74) is 0. The van der Waals surface area contributed by atoms with E-state index in [0.29, 0.717) is 6.42 Å². The maximum Gasteiger partial charge on any atom is 0.408 e. The van der Waals surface area contributed by atoms with Gasteiger partial charge < -0.3 is 14.8 Å². The van der Waals surface area contributed by atoms with E-state index in [9.17, 15) is 9.59 Å². The fourth-order valence-electron chi connectivity index (χ4n) is 2.68. The molecule has 0 bridgehead atoms. The first-order chi connectivity index (χ1) is 10.2. The van der Waals surface area contributed by atoms with Gasteiger partial charge in [0.05, 0.1) is 7.11 Å². The first-order valence-corrected chi connectivity index (χ1v) is 8.22. The summed E-state index contributed by atoms with van der Waals surface area (Å²) in [6, 6.07) is -0.592. The van der Waals surface area contributed by atoms with Crippen LogP contribution in [0, 0.1) is 0 Å². The number of alkyl carbamates (subject to hydrolysis) is 1. The maximum absolute atomic E-state index is 11.8. The molecule has 21 heavy (non-hydrogen) atoms. The number of hydrogen-bond donors (Lipinski definition) is 1. The van der Waals surface area contributed by atoms with E-state index in [1.54, 1.807) is 0 Å². The van der Waals surface area contributed by atoms with Crippen LogP contribution in [0.4, 0.5) is 4.79 Å². The quantitative estimate of drug-likeness (QED) is 0.522. The average Bonchev–Trinajstić information content (AvgIpc) is 2.97. The lowest BCUT2D eigenvalue weighted by Gasteiger charge is -2.18. The van der Waals surface area contributed by atoms with Crippen LogP contribution < -0.4 is 5.32 Å². The lowest BCUT2D eigenvalue weighted by atomic mass is 10.1. The van der Waals surface area contributed by atoms with Crippen LogP contribution in [0.25, 0.3) is 0 Å². The molecule has 0 aromatic rings. The summed E-state index contributed by atoms with van der Waals surface area (Å²) in [4.78, 5) is 23.5. The molecule has 5 nitrogen and oxygen atoms in total. The zero-order valence-electron chi connectivity index (χ0n) is 13.4. The van der Waals surface area contributed by atoms with E-state index in [1.807, 2.05) is 0 Å². The molecular weight excluding hydrogens is 270 g/mol. The fraction of sp³-hybridized carbons (Fsp3) is 0.875. The standard InChI is InChI=1S/C16H29NO4/c1-3-4-5-6-7-12-14(15(18)20-2)17-16(19)21-13-10-8-9-11-13/h13-14H,3-12H2,1-2H3,(H,17,19). The van der Waals surface area contributed by atoms with Gasteiger partial charge in [0, 0.05) is 0 Å². The summed E-state index contributed by atoms with van der Waals surface area (Å²) in [6.07, 6.45) is 9.72. The van der Waals surface area contributed by atoms with E-state index in [0.717, 1.165) is 44.9 Å². The van der Waals surface area contributed by atoms with Crippen LogP contribution in [0.15, 0.2) is 0 Å². The van der Waals surface area contributed by atoms with E-state index >= 15 is 0 Å². The number of ether oxygens (including phenoxy) is 2. The van der Waals surface area contributed by atoms with E-state index in [2.05, 4.69) is 12.2 Å². The molecule has 122 valence electrons. The van der Waals surface area contributed by atoms with Gasteiger partial charge in [0.25, 0.3) is 0 Å². The smallest absolute Gasteiger partial charge is 0.408 e. The number of rotatable bonds is 9. The summed E-state index contributed by atoms with van der Waals surface area (Å²) in [5.74, 6) is -0.395. The Balaban J connectivity index is 2.30. The SMILES string of the molecule is CCCCCCCC(NC(=O)OC1CCCC1)C(=O)OC. The van der Waals surface area contributed by atoms with Gasteiger partial charge >= 0.3 is 12.1 Å². The van der Waals surface area contributed by atoms with Crippen molar-refractivity contribution >= 4 is 12.1 Å². The minimum atomic E-state index is -0.592. The topological polar surface area (TPSA) is 64.6 Å². The lowest BCUT2D eigenvalue weighted by molar-refractivity contribution is -0.143. The third-order valence-corrected chi connectivity index (χ3v) is 3.95. The molecule has 0 heterocycles. The Labute approximate surface area is 127 Å². The highest BCUT2D eigenvalue weighted by molar-refractivity contribution is 5.81. The van der Waals surface area contributed by atoms with Crippen molar-refractivity contribution in [1.29, 1.82) is 0 Å². The van der Waals surface area contributed by atoms with Crippen LogP contribution in [0.1, 0.15) is 71.1 Å². The van der Waals surface area contributed by atoms with Crippen molar-refractivity contribution in [2.45, 2.75) is 83.3 Å². The molecule has 1 aliphatic carbocycles. The highest BCUT2D eigenvalue weighted by atomic mass is 16.6. The number of carbonyl (C=O) groups excluding carboxylic acids is 2. The zero-order valence-corrected chi connectivity index (χ0v) is 13.4. The van der Waals surface area contributed by atoms with Crippen LogP contribution in [0.2, 0.25) is 0 Å². The number of nitrogens with one attached hydrogen (secondary N) is 1. The second kappa shape index (κ2) is 10.5. The predicted molar refractivity (Wildman–Crippen MR) is 81.1 cm³/mol. The molecule has 1 N–H and O–H groups in total. The molecule has 0 aromatic carbocycles. The molecule has 0 aromatic heterocycles. The molecule has 5 heteroatoms. The monoisotopic (exact) mass is 299 g/mol. The normalized spacial score (nSPS) is 16.5. The molecule has 0 spiro atoms. The minimum Gasteiger partial charge on any atom is -0.467 e. The Morgan fingerprint density at radius 1 is 1.14 bits per heavy atom. The van der Waals surface area contributed by atoms with Crippen LogP contribution in [0.5, 0.6) is 0 Å². The van der Waals surface area contributed by atoms with E-state index in [1.165, 1.54) is 20.0 Å². The molecule has 1 amide bonds. The highest BCUT2D eigenvalue weighted by Gasteiger charge is 2.24. The number of carbonyl (C=O) groups is 2. The van der Waals surface area contributed by atoms with Crippen molar-refractivity contribution in [3.63, 3.8) is 0 Å². The molecule has 1 rings (SSSR count). The van der Waals surface area contributed by atoms with Gasteiger partial charge in [-0.05, 0) is 32.1 Å². The molecule has 1 fully saturated rings. The molecule has 1 aliphatic rings. The molecule has 1 atom stereocenters. The zero-order chi connectivity index (χ0) is 15.5. The van der Waals surface area contributed by atoms with E-state index in [4.69, 9.17) is 9.47 Å².